The van der Waals surface area contributed by atoms with E-state index in [1.165, 1.54) is 0 Å². The van der Waals surface area contributed by atoms with Crippen molar-refractivity contribution in [3.8, 4) is 0 Å². The van der Waals surface area contributed by atoms with Gasteiger partial charge in [-0.3, -0.25) is 0 Å². The molecule has 1 aliphatic rings. The Morgan fingerprint density at radius 2 is 2.21 bits per heavy atom. The number of nitrogens with zero attached hydrogens (tertiary/aromatic N) is 2. The molecule has 1 saturated heterocycles. The number of nitrogens with two attached hydrogens (primary N) is 1. The third-order valence-corrected chi connectivity index (χ3v) is 3.21. The number of hydrogen-bond donors (Lipinski definition) is 3. The van der Waals surface area contributed by atoms with Crippen LogP contribution in [0.4, 0.5) is 11.6 Å². The molecular weight excluding hydrogens is 248 g/mol. The summed E-state index contributed by atoms with van der Waals surface area (Å²) in [7, 11) is 1.58. The quantitative estimate of drug-likeness (QED) is 0.699. The van der Waals surface area contributed by atoms with Crippen molar-refractivity contribution in [2.75, 3.05) is 38.0 Å². The van der Waals surface area contributed by atoms with Gasteiger partial charge in [0.05, 0.1) is 12.1 Å². The van der Waals surface area contributed by atoms with Gasteiger partial charge in [-0.25, -0.2) is 9.97 Å². The molecule has 0 aliphatic carbocycles. The van der Waals surface area contributed by atoms with Crippen LogP contribution in [0.5, 0.6) is 0 Å². The first-order chi connectivity index (χ1) is 9.17. The highest BCUT2D eigenvalue weighted by Crippen LogP contribution is 2.25. The molecule has 0 saturated carbocycles. The van der Waals surface area contributed by atoms with E-state index in [-0.39, 0.29) is 6.61 Å². The van der Waals surface area contributed by atoms with Crippen molar-refractivity contribution in [3.63, 3.8) is 0 Å². The zero-order valence-corrected chi connectivity index (χ0v) is 11.1. The van der Waals surface area contributed by atoms with Gasteiger partial charge in [-0.2, -0.15) is 0 Å². The standard InChI is InChI=1S/C12H20N4O3/c1-18-7-11-14-9(13)6-10(15-11)16-12(8-17)2-4-19-5-3-12/h6,17H,2-5,7-8H2,1H3,(H3,13,14,15,16). The predicted molar refractivity (Wildman–Crippen MR) is 70.6 cm³/mol. The van der Waals surface area contributed by atoms with Gasteiger partial charge in [0, 0.05) is 26.4 Å². The van der Waals surface area contributed by atoms with Crippen LogP contribution in [0.1, 0.15) is 18.7 Å². The minimum absolute atomic E-state index is 0.0277. The third-order valence-electron chi connectivity index (χ3n) is 3.21. The minimum Gasteiger partial charge on any atom is -0.394 e. The molecule has 2 rings (SSSR count). The Kier molecular flexibility index (Phi) is 4.52. The minimum atomic E-state index is -0.399. The molecule has 4 N–H and O–H groups in total. The van der Waals surface area contributed by atoms with E-state index in [9.17, 15) is 5.11 Å². The molecule has 0 aromatic carbocycles. The summed E-state index contributed by atoms with van der Waals surface area (Å²) in [5, 5.41) is 12.9. The summed E-state index contributed by atoms with van der Waals surface area (Å²) in [6, 6.07) is 1.66. The van der Waals surface area contributed by atoms with Crippen LogP contribution in [0.25, 0.3) is 0 Å². The van der Waals surface area contributed by atoms with Crippen molar-refractivity contribution in [1.82, 2.24) is 9.97 Å². The van der Waals surface area contributed by atoms with E-state index >= 15 is 0 Å². The van der Waals surface area contributed by atoms with E-state index < -0.39 is 5.54 Å². The third kappa shape index (κ3) is 3.52. The summed E-state index contributed by atoms with van der Waals surface area (Å²) >= 11 is 0. The predicted octanol–water partition coefficient (Wildman–Crippen LogP) is 0.159. The zero-order valence-electron chi connectivity index (χ0n) is 11.1. The van der Waals surface area contributed by atoms with Gasteiger partial charge < -0.3 is 25.6 Å². The molecule has 19 heavy (non-hydrogen) atoms. The number of hydrogen-bond acceptors (Lipinski definition) is 7. The molecular formula is C12H20N4O3. The number of methoxy groups -OCH3 is 1. The van der Waals surface area contributed by atoms with Crippen molar-refractivity contribution in [1.29, 1.82) is 0 Å². The maximum absolute atomic E-state index is 9.63. The summed E-state index contributed by atoms with van der Waals surface area (Å²) in [6.07, 6.45) is 1.46. The van der Waals surface area contributed by atoms with E-state index in [2.05, 4.69) is 15.3 Å². The number of anilines is 2. The lowest BCUT2D eigenvalue weighted by atomic mass is 9.91. The molecule has 0 atom stereocenters. The topological polar surface area (TPSA) is 103 Å². The molecule has 7 heteroatoms. The molecule has 1 aromatic heterocycles. The monoisotopic (exact) mass is 268 g/mol. The fraction of sp³-hybridized carbons (Fsp3) is 0.667. The summed E-state index contributed by atoms with van der Waals surface area (Å²) in [5.41, 5.74) is 5.35. The number of ether oxygens (including phenoxy) is 2. The molecule has 0 unspecified atom stereocenters. The fourth-order valence-electron chi connectivity index (χ4n) is 2.13. The summed E-state index contributed by atoms with van der Waals surface area (Å²) in [6.45, 7) is 1.58. The van der Waals surface area contributed by atoms with E-state index in [1.807, 2.05) is 0 Å². The van der Waals surface area contributed by atoms with Gasteiger partial charge in [-0.1, -0.05) is 0 Å². The van der Waals surface area contributed by atoms with Gasteiger partial charge in [0.1, 0.15) is 18.2 Å². The highest BCUT2D eigenvalue weighted by molar-refractivity contribution is 5.46. The summed E-state index contributed by atoms with van der Waals surface area (Å²) < 4.78 is 10.3. The summed E-state index contributed by atoms with van der Waals surface area (Å²) in [4.78, 5) is 8.41. The maximum Gasteiger partial charge on any atom is 0.158 e. The largest absolute Gasteiger partial charge is 0.394 e. The Labute approximate surface area is 112 Å². The maximum atomic E-state index is 9.63. The number of aliphatic hydroxyl groups excluding tert-OH is 1. The average molecular weight is 268 g/mol. The Morgan fingerprint density at radius 1 is 1.47 bits per heavy atom. The Hall–Kier alpha value is -1.44. The van der Waals surface area contributed by atoms with E-state index in [0.29, 0.717) is 37.3 Å². The zero-order chi connectivity index (χ0) is 13.7. The first-order valence-electron chi connectivity index (χ1n) is 6.27. The van der Waals surface area contributed by atoms with E-state index in [1.54, 1.807) is 13.2 Å². The van der Waals surface area contributed by atoms with Gasteiger partial charge in [0.2, 0.25) is 0 Å². The highest BCUT2D eigenvalue weighted by atomic mass is 16.5. The van der Waals surface area contributed by atoms with Gasteiger partial charge >= 0.3 is 0 Å². The van der Waals surface area contributed by atoms with E-state index in [0.717, 1.165) is 12.8 Å². The lowest BCUT2D eigenvalue weighted by molar-refractivity contribution is 0.0378. The molecule has 7 nitrogen and oxygen atoms in total. The molecule has 0 radical (unpaired) electrons. The number of aliphatic hydroxyl groups is 1. The Bertz CT molecular complexity index is 421. The normalized spacial score (nSPS) is 18.2. The van der Waals surface area contributed by atoms with Gasteiger partial charge in [-0.15, -0.1) is 0 Å². The first kappa shape index (κ1) is 14.0. The number of rotatable bonds is 5. The second-order valence-corrected chi connectivity index (χ2v) is 4.70. The molecule has 1 aromatic rings. The molecule has 2 heterocycles. The van der Waals surface area contributed by atoms with Crippen LogP contribution in [-0.4, -0.2) is 47.5 Å². The molecule has 1 fully saturated rings. The van der Waals surface area contributed by atoms with Crippen LogP contribution in [0.15, 0.2) is 6.07 Å². The molecule has 106 valence electrons. The smallest absolute Gasteiger partial charge is 0.158 e. The molecule has 0 amide bonds. The Morgan fingerprint density at radius 3 is 2.84 bits per heavy atom. The summed E-state index contributed by atoms with van der Waals surface area (Å²) in [5.74, 6) is 1.50. The van der Waals surface area contributed by atoms with Crippen molar-refractivity contribution in [3.05, 3.63) is 11.9 Å². The number of nitrogen functional groups attached to an aromatic ring is 1. The SMILES string of the molecule is COCc1nc(N)cc(NC2(CO)CCOCC2)n1. The first-order valence-corrected chi connectivity index (χ1v) is 6.27. The van der Waals surface area contributed by atoms with Crippen LogP contribution in [0.3, 0.4) is 0 Å². The van der Waals surface area contributed by atoms with Crippen LogP contribution < -0.4 is 11.1 Å². The van der Waals surface area contributed by atoms with E-state index in [4.69, 9.17) is 15.2 Å². The van der Waals surface area contributed by atoms with Crippen LogP contribution in [0, 0.1) is 0 Å². The van der Waals surface area contributed by atoms with Gasteiger partial charge in [0.15, 0.2) is 5.82 Å². The molecule has 0 bridgehead atoms. The molecule has 0 spiro atoms. The van der Waals surface area contributed by atoms with Crippen LogP contribution in [-0.2, 0) is 16.1 Å². The molecule has 1 aliphatic heterocycles. The fourth-order valence-corrected chi connectivity index (χ4v) is 2.13. The second-order valence-electron chi connectivity index (χ2n) is 4.70. The van der Waals surface area contributed by atoms with Crippen LogP contribution >= 0.6 is 0 Å². The second kappa shape index (κ2) is 6.14. The van der Waals surface area contributed by atoms with Crippen molar-refractivity contribution in [2.24, 2.45) is 0 Å². The van der Waals surface area contributed by atoms with Crippen LogP contribution in [0.2, 0.25) is 0 Å². The Balaban J connectivity index is 2.16. The lowest BCUT2D eigenvalue weighted by Crippen LogP contribution is -2.47. The number of aromatic nitrogens is 2. The van der Waals surface area contributed by atoms with Crippen molar-refractivity contribution >= 4 is 11.6 Å². The van der Waals surface area contributed by atoms with Crippen molar-refractivity contribution in [2.45, 2.75) is 25.0 Å². The highest BCUT2D eigenvalue weighted by Gasteiger charge is 2.32. The van der Waals surface area contributed by atoms with Gasteiger partial charge in [-0.05, 0) is 12.8 Å². The van der Waals surface area contributed by atoms with Gasteiger partial charge in [0.25, 0.3) is 0 Å². The lowest BCUT2D eigenvalue weighted by Gasteiger charge is -2.36. The average Bonchev–Trinajstić information content (AvgIpc) is 2.39. The van der Waals surface area contributed by atoms with Crippen molar-refractivity contribution < 1.29 is 14.6 Å². The number of nitrogens with one attached hydrogen (secondary N) is 1.